The van der Waals surface area contributed by atoms with Gasteiger partial charge in [-0.15, -0.1) is 0 Å². The summed E-state index contributed by atoms with van der Waals surface area (Å²) in [6.45, 7) is 0.241. The van der Waals surface area contributed by atoms with Crippen molar-refractivity contribution in [3.63, 3.8) is 0 Å². The van der Waals surface area contributed by atoms with E-state index >= 15 is 0 Å². The minimum Gasteiger partial charge on any atom is -0.266 e. The molecule has 0 saturated heterocycles. The lowest BCUT2D eigenvalue weighted by Gasteiger charge is -1.96. The van der Waals surface area contributed by atoms with Gasteiger partial charge in [0.1, 0.15) is 0 Å². The molecule has 0 aliphatic carbocycles. The highest BCUT2D eigenvalue weighted by atomic mass is 16.2. The second-order valence-corrected chi connectivity index (χ2v) is 3.63. The van der Waals surface area contributed by atoms with Crippen LogP contribution in [0.1, 0.15) is 5.56 Å². The number of carbonyl (C=O) groups is 1. The third kappa shape index (κ3) is 3.79. The summed E-state index contributed by atoms with van der Waals surface area (Å²) in [6.07, 6.45) is 8.55. The molecule has 0 bridgehead atoms. The van der Waals surface area contributed by atoms with Crippen LogP contribution in [0.5, 0.6) is 0 Å². The lowest BCUT2D eigenvalue weighted by Crippen LogP contribution is -2.40. The molecule has 0 unspecified atom stereocenters. The molecule has 2 heterocycles. The number of hydrogen-bond acceptors (Lipinski definition) is 3. The summed E-state index contributed by atoms with van der Waals surface area (Å²) in [4.78, 5) is 15.5. The molecule has 0 spiro atoms. The molecule has 2 rings (SSSR count). The summed E-state index contributed by atoms with van der Waals surface area (Å²) in [5.41, 5.74) is 3.30. The van der Waals surface area contributed by atoms with Crippen molar-refractivity contribution in [3.8, 4) is 0 Å². The fraction of sp³-hybridized carbons (Fsp3) is 0.0769. The fourth-order valence-corrected chi connectivity index (χ4v) is 1.37. The Morgan fingerprint density at radius 3 is 2.89 bits per heavy atom. The lowest BCUT2D eigenvalue weighted by molar-refractivity contribution is -0.684. The van der Waals surface area contributed by atoms with Crippen molar-refractivity contribution in [2.75, 3.05) is 0 Å². The Morgan fingerprint density at radius 1 is 1.33 bits per heavy atom. The molecule has 0 aliphatic rings. The van der Waals surface area contributed by atoms with Crippen LogP contribution in [-0.2, 0) is 11.3 Å². The highest BCUT2D eigenvalue weighted by molar-refractivity contribution is 5.81. The van der Waals surface area contributed by atoms with Gasteiger partial charge < -0.3 is 0 Å². The Morgan fingerprint density at radius 2 is 2.17 bits per heavy atom. The van der Waals surface area contributed by atoms with Crippen LogP contribution >= 0.6 is 0 Å². The summed E-state index contributed by atoms with van der Waals surface area (Å²) in [6, 6.07) is 9.30. The van der Waals surface area contributed by atoms with Gasteiger partial charge in [0, 0.05) is 30.1 Å². The van der Waals surface area contributed by atoms with E-state index in [0.29, 0.717) is 0 Å². The van der Waals surface area contributed by atoms with E-state index in [-0.39, 0.29) is 12.5 Å². The molecule has 0 aromatic carbocycles. The minimum absolute atomic E-state index is 0.175. The van der Waals surface area contributed by atoms with Crippen LogP contribution in [0.2, 0.25) is 0 Å². The van der Waals surface area contributed by atoms with Gasteiger partial charge in [-0.3, -0.25) is 9.78 Å². The maximum Gasteiger partial charge on any atom is 0.305 e. The summed E-state index contributed by atoms with van der Waals surface area (Å²) in [5.74, 6) is -0.175. The third-order valence-electron chi connectivity index (χ3n) is 2.19. The monoisotopic (exact) mass is 241 g/mol. The first kappa shape index (κ1) is 11.9. The molecule has 1 amide bonds. The Kier molecular flexibility index (Phi) is 4.13. The summed E-state index contributed by atoms with van der Waals surface area (Å²) < 4.78 is 1.77. The second-order valence-electron chi connectivity index (χ2n) is 3.63. The Labute approximate surface area is 105 Å². The third-order valence-corrected chi connectivity index (χ3v) is 2.19. The average Bonchev–Trinajstić information content (AvgIpc) is 2.41. The molecule has 2 aromatic heterocycles. The van der Waals surface area contributed by atoms with E-state index in [1.54, 1.807) is 23.2 Å². The fourth-order valence-electron chi connectivity index (χ4n) is 1.37. The van der Waals surface area contributed by atoms with E-state index in [9.17, 15) is 4.79 Å². The van der Waals surface area contributed by atoms with E-state index in [4.69, 9.17) is 0 Å². The van der Waals surface area contributed by atoms with Crippen LogP contribution < -0.4 is 9.99 Å². The largest absolute Gasteiger partial charge is 0.305 e. The zero-order valence-electron chi connectivity index (χ0n) is 9.73. The highest BCUT2D eigenvalue weighted by Crippen LogP contribution is 1.89. The molecule has 18 heavy (non-hydrogen) atoms. The summed E-state index contributed by atoms with van der Waals surface area (Å²) >= 11 is 0. The van der Waals surface area contributed by atoms with Gasteiger partial charge in [-0.05, 0) is 6.07 Å². The van der Waals surface area contributed by atoms with Crippen molar-refractivity contribution in [2.24, 2.45) is 5.10 Å². The normalized spacial score (nSPS) is 10.4. The minimum atomic E-state index is -0.175. The number of hydrogen-bond donors (Lipinski definition) is 1. The zero-order valence-corrected chi connectivity index (χ0v) is 9.73. The summed E-state index contributed by atoms with van der Waals surface area (Å²) in [7, 11) is 0. The van der Waals surface area contributed by atoms with Gasteiger partial charge in [0.05, 0.1) is 6.21 Å². The van der Waals surface area contributed by atoms with Crippen LogP contribution in [0.3, 0.4) is 0 Å². The molecular formula is C13H13N4O+. The molecule has 0 aliphatic heterocycles. The van der Waals surface area contributed by atoms with E-state index in [1.165, 1.54) is 0 Å². The van der Waals surface area contributed by atoms with Crippen molar-refractivity contribution < 1.29 is 9.36 Å². The number of amides is 1. The van der Waals surface area contributed by atoms with Crippen molar-refractivity contribution in [1.29, 1.82) is 0 Å². The molecule has 1 N–H and O–H groups in total. The first-order chi connectivity index (χ1) is 8.84. The van der Waals surface area contributed by atoms with E-state index in [1.807, 2.05) is 42.7 Å². The Hall–Kier alpha value is -2.56. The zero-order chi connectivity index (χ0) is 12.6. The van der Waals surface area contributed by atoms with Gasteiger partial charge in [-0.2, -0.15) is 9.67 Å². The lowest BCUT2D eigenvalue weighted by atomic mass is 10.3. The molecule has 5 nitrogen and oxygen atoms in total. The van der Waals surface area contributed by atoms with E-state index < -0.39 is 0 Å². The van der Waals surface area contributed by atoms with Crippen LogP contribution in [0.15, 0.2) is 60.2 Å². The highest BCUT2D eigenvalue weighted by Gasteiger charge is 2.06. The van der Waals surface area contributed by atoms with Gasteiger partial charge in [0.25, 0.3) is 0 Å². The van der Waals surface area contributed by atoms with Crippen molar-refractivity contribution in [3.05, 3.63) is 60.7 Å². The topological polar surface area (TPSA) is 58.2 Å². The van der Waals surface area contributed by atoms with Gasteiger partial charge in [-0.25, -0.2) is 5.43 Å². The smallest absolute Gasteiger partial charge is 0.266 e. The van der Waals surface area contributed by atoms with E-state index in [0.717, 1.165) is 5.56 Å². The van der Waals surface area contributed by atoms with Gasteiger partial charge >= 0.3 is 5.91 Å². The van der Waals surface area contributed by atoms with Crippen molar-refractivity contribution in [2.45, 2.75) is 6.54 Å². The first-order valence-electron chi connectivity index (χ1n) is 5.50. The maximum atomic E-state index is 11.5. The number of nitrogens with one attached hydrogen (secondary N) is 1. The van der Waals surface area contributed by atoms with Gasteiger partial charge in [0.2, 0.25) is 6.54 Å². The average molecular weight is 241 g/mol. The molecule has 0 atom stereocenters. The number of nitrogens with zero attached hydrogens (tertiary/aromatic N) is 3. The van der Waals surface area contributed by atoms with Crippen LogP contribution in [0.25, 0.3) is 0 Å². The number of rotatable bonds is 4. The molecule has 5 heteroatoms. The van der Waals surface area contributed by atoms with Gasteiger partial charge in [-0.1, -0.05) is 12.1 Å². The van der Waals surface area contributed by atoms with Gasteiger partial charge in [0.15, 0.2) is 12.4 Å². The second kappa shape index (κ2) is 6.24. The SMILES string of the molecule is O=C(C[n+]1ccccc1)N/N=C/c1cccnc1. The standard InChI is InChI=1S/C13H12N4O/c18-13(11-17-7-2-1-3-8-17)16-15-10-12-5-4-6-14-9-12/h1-10H,11H2/p+1/b15-10+. The molecular weight excluding hydrogens is 228 g/mol. The van der Waals surface area contributed by atoms with Crippen LogP contribution in [0, 0.1) is 0 Å². The number of aromatic nitrogens is 2. The van der Waals surface area contributed by atoms with E-state index in [2.05, 4.69) is 15.5 Å². The first-order valence-corrected chi connectivity index (χ1v) is 5.50. The van der Waals surface area contributed by atoms with Crippen molar-refractivity contribution in [1.82, 2.24) is 10.4 Å². The predicted molar refractivity (Wildman–Crippen MR) is 66.6 cm³/mol. The molecule has 90 valence electrons. The quantitative estimate of drug-likeness (QED) is 0.482. The molecule has 0 radical (unpaired) electrons. The Bertz CT molecular complexity index is 525. The number of carbonyl (C=O) groups excluding carboxylic acids is 1. The number of pyridine rings is 2. The van der Waals surface area contributed by atoms with Crippen LogP contribution in [0.4, 0.5) is 0 Å². The Balaban J connectivity index is 1.84. The maximum absolute atomic E-state index is 11.5. The predicted octanol–water partition coefficient (Wildman–Crippen LogP) is 0.519. The molecule has 0 fully saturated rings. The molecule has 2 aromatic rings. The van der Waals surface area contributed by atoms with Crippen molar-refractivity contribution >= 4 is 12.1 Å². The summed E-state index contributed by atoms with van der Waals surface area (Å²) in [5, 5.41) is 3.86. The van der Waals surface area contributed by atoms with Crippen LogP contribution in [-0.4, -0.2) is 17.1 Å². The number of hydrazone groups is 1. The molecule has 0 saturated carbocycles.